The first kappa shape index (κ1) is 26.1. The number of rotatable bonds is 7. The number of hydrogen-bond donors (Lipinski definition) is 2. The van der Waals surface area contributed by atoms with Crippen molar-refractivity contribution in [1.29, 1.82) is 0 Å². The fraction of sp³-hybridized carbons (Fsp3) is 0.778. The van der Waals surface area contributed by atoms with Crippen LogP contribution in [0.4, 0.5) is 8.78 Å². The van der Waals surface area contributed by atoms with Crippen molar-refractivity contribution in [1.82, 2.24) is 5.32 Å². The van der Waals surface area contributed by atoms with E-state index in [0.29, 0.717) is 12.8 Å². The highest BCUT2D eigenvalue weighted by atomic mass is 19.1. The molecule has 0 bridgehead atoms. The summed E-state index contributed by atoms with van der Waals surface area (Å²) in [4.78, 5) is 25.8. The van der Waals surface area contributed by atoms with Crippen LogP contribution in [0.3, 0.4) is 0 Å². The SMILES string of the molecule is CCCC1O[C@@H]2C[C@H]3[C@@H]4C[C@H](F)C5=CC(=O)C=C[C@]5(C)[C@@]4(F)[C@@H](O)C[C@]3(C)[C@]2(C(=O)COCNC)O1. The zero-order valence-electron chi connectivity index (χ0n) is 21.4. The minimum Gasteiger partial charge on any atom is -0.390 e. The van der Waals surface area contributed by atoms with E-state index in [-0.39, 0.29) is 43.3 Å². The van der Waals surface area contributed by atoms with Crippen molar-refractivity contribution < 1.29 is 37.7 Å². The maximum absolute atomic E-state index is 17.4. The van der Waals surface area contributed by atoms with Crippen molar-refractivity contribution in [2.24, 2.45) is 22.7 Å². The van der Waals surface area contributed by atoms with Crippen molar-refractivity contribution in [3.8, 4) is 0 Å². The lowest BCUT2D eigenvalue weighted by molar-refractivity contribution is -0.235. The summed E-state index contributed by atoms with van der Waals surface area (Å²) in [7, 11) is 1.70. The van der Waals surface area contributed by atoms with Crippen LogP contribution in [-0.4, -0.2) is 73.0 Å². The molecule has 2 N–H and O–H groups in total. The molecule has 0 radical (unpaired) electrons. The van der Waals surface area contributed by atoms with Gasteiger partial charge in [0.2, 0.25) is 0 Å². The standard InChI is InChI=1S/C27H37F2NO6/c1-5-6-23-35-22-11-16-17-10-19(28)18-9-15(31)7-8-24(18,2)26(17,29)20(32)12-25(16,3)27(22,36-23)21(33)13-34-14-30-4/h7-9,16-17,19-20,22-23,30,32H,5-6,10-14H2,1-4H3/t16-,17-,19-,20-,22+,23?,24-,25-,26-,27+/m0/s1. The number of alkyl halides is 2. The van der Waals surface area contributed by atoms with E-state index >= 15 is 8.78 Å². The molecular formula is C27H37F2NO6. The van der Waals surface area contributed by atoms with E-state index < -0.39 is 58.6 Å². The Balaban J connectivity index is 1.58. The van der Waals surface area contributed by atoms with Crippen LogP contribution in [0, 0.1) is 22.7 Å². The molecular weight excluding hydrogens is 472 g/mol. The van der Waals surface area contributed by atoms with Gasteiger partial charge in [-0.2, -0.15) is 0 Å². The van der Waals surface area contributed by atoms with Crippen LogP contribution in [0.1, 0.15) is 52.9 Å². The van der Waals surface area contributed by atoms with E-state index in [1.807, 2.05) is 13.8 Å². The molecule has 1 heterocycles. The van der Waals surface area contributed by atoms with Crippen molar-refractivity contribution in [3.63, 3.8) is 0 Å². The molecule has 1 saturated heterocycles. The Hall–Kier alpha value is -1.52. The number of hydrogen-bond acceptors (Lipinski definition) is 7. The van der Waals surface area contributed by atoms with E-state index in [1.54, 1.807) is 14.0 Å². The van der Waals surface area contributed by atoms with Crippen LogP contribution in [0.5, 0.6) is 0 Å². The van der Waals surface area contributed by atoms with Crippen molar-refractivity contribution in [2.75, 3.05) is 20.4 Å². The average molecular weight is 510 g/mol. The quantitative estimate of drug-likeness (QED) is 0.403. The second-order valence-electron chi connectivity index (χ2n) is 11.6. The van der Waals surface area contributed by atoms with Crippen molar-refractivity contribution >= 4 is 11.6 Å². The first-order valence-corrected chi connectivity index (χ1v) is 13.0. The smallest absolute Gasteiger partial charge is 0.193 e. The van der Waals surface area contributed by atoms with Gasteiger partial charge in [0.15, 0.2) is 29.1 Å². The van der Waals surface area contributed by atoms with Gasteiger partial charge in [0.05, 0.1) is 18.9 Å². The number of allylic oxidation sites excluding steroid dienone is 4. The van der Waals surface area contributed by atoms with Gasteiger partial charge in [-0.1, -0.05) is 26.3 Å². The predicted octanol–water partition coefficient (Wildman–Crippen LogP) is 2.96. The number of fused-ring (bicyclic) bond motifs is 7. The molecule has 0 amide bonds. The zero-order valence-corrected chi connectivity index (χ0v) is 21.4. The Bertz CT molecular complexity index is 1000. The zero-order chi connectivity index (χ0) is 26.1. The highest BCUT2D eigenvalue weighted by Crippen LogP contribution is 2.72. The first-order valence-electron chi connectivity index (χ1n) is 13.0. The molecule has 9 heteroatoms. The van der Waals surface area contributed by atoms with E-state index in [0.717, 1.165) is 6.42 Å². The summed E-state index contributed by atoms with van der Waals surface area (Å²) in [5, 5.41) is 14.4. The van der Waals surface area contributed by atoms with E-state index in [1.165, 1.54) is 18.2 Å². The molecule has 4 fully saturated rings. The van der Waals surface area contributed by atoms with Crippen molar-refractivity contribution in [2.45, 2.75) is 88.8 Å². The Morgan fingerprint density at radius 2 is 2.06 bits per heavy atom. The van der Waals surface area contributed by atoms with Gasteiger partial charge < -0.3 is 19.3 Å². The summed E-state index contributed by atoms with van der Waals surface area (Å²) in [6.07, 6.45) is 1.07. The van der Waals surface area contributed by atoms with Gasteiger partial charge in [-0.15, -0.1) is 0 Å². The summed E-state index contributed by atoms with van der Waals surface area (Å²) in [5.41, 5.74) is -6.02. The molecule has 0 aromatic rings. The van der Waals surface area contributed by atoms with Crippen molar-refractivity contribution in [3.05, 3.63) is 23.8 Å². The average Bonchev–Trinajstić information content (AvgIpc) is 3.30. The lowest BCUT2D eigenvalue weighted by atomic mass is 9.44. The fourth-order valence-corrected chi connectivity index (χ4v) is 8.24. The molecule has 3 saturated carbocycles. The normalized spacial score (nSPS) is 49.2. The summed E-state index contributed by atoms with van der Waals surface area (Å²) in [6.45, 7) is 5.38. The monoisotopic (exact) mass is 509 g/mol. The number of aliphatic hydroxyl groups excluding tert-OH is 1. The second-order valence-corrected chi connectivity index (χ2v) is 11.6. The molecule has 7 nitrogen and oxygen atoms in total. The molecule has 4 aliphatic carbocycles. The maximum atomic E-state index is 17.4. The molecule has 5 aliphatic rings. The molecule has 1 aliphatic heterocycles. The number of ketones is 2. The summed E-state index contributed by atoms with van der Waals surface area (Å²) >= 11 is 0. The lowest BCUT2D eigenvalue weighted by Gasteiger charge is -2.63. The topological polar surface area (TPSA) is 94.1 Å². The van der Waals surface area contributed by atoms with E-state index in [9.17, 15) is 14.7 Å². The highest BCUT2D eigenvalue weighted by molar-refractivity contribution is 6.01. The third-order valence-corrected chi connectivity index (χ3v) is 9.84. The molecule has 1 unspecified atom stereocenters. The van der Waals surface area contributed by atoms with Crippen LogP contribution >= 0.6 is 0 Å². The lowest BCUT2D eigenvalue weighted by Crippen LogP contribution is -2.71. The van der Waals surface area contributed by atoms with Crippen LogP contribution in [0.2, 0.25) is 0 Å². The van der Waals surface area contributed by atoms with Crippen LogP contribution in [0.15, 0.2) is 23.8 Å². The molecule has 0 spiro atoms. The van der Waals surface area contributed by atoms with Gasteiger partial charge in [-0.3, -0.25) is 14.9 Å². The Morgan fingerprint density at radius 3 is 2.75 bits per heavy atom. The molecule has 10 atom stereocenters. The molecule has 200 valence electrons. The van der Waals surface area contributed by atoms with Gasteiger partial charge in [-0.25, -0.2) is 8.78 Å². The Kier molecular flexibility index (Phi) is 6.35. The number of carbonyl (C=O) groups is 2. The minimum absolute atomic E-state index is 0.0528. The summed E-state index contributed by atoms with van der Waals surface area (Å²) in [5.74, 6) is -2.05. The molecule has 36 heavy (non-hydrogen) atoms. The van der Waals surface area contributed by atoms with Gasteiger partial charge >= 0.3 is 0 Å². The second kappa shape index (κ2) is 8.76. The third-order valence-electron chi connectivity index (χ3n) is 9.84. The van der Waals surface area contributed by atoms with Gasteiger partial charge in [0.1, 0.15) is 12.8 Å². The number of halogens is 2. The maximum Gasteiger partial charge on any atom is 0.193 e. The Morgan fingerprint density at radius 1 is 1.31 bits per heavy atom. The summed E-state index contributed by atoms with van der Waals surface area (Å²) in [6, 6.07) is 0. The Labute approximate surface area is 210 Å². The van der Waals surface area contributed by atoms with Crippen LogP contribution < -0.4 is 5.32 Å². The van der Waals surface area contributed by atoms with E-state index in [4.69, 9.17) is 14.2 Å². The predicted molar refractivity (Wildman–Crippen MR) is 126 cm³/mol. The first-order chi connectivity index (χ1) is 17.0. The van der Waals surface area contributed by atoms with Crippen LogP contribution in [0.25, 0.3) is 0 Å². The largest absolute Gasteiger partial charge is 0.390 e. The molecule has 0 aromatic carbocycles. The van der Waals surface area contributed by atoms with E-state index in [2.05, 4.69) is 5.32 Å². The number of carbonyl (C=O) groups excluding carboxylic acids is 2. The number of nitrogens with one attached hydrogen (secondary N) is 1. The molecule has 0 aromatic heterocycles. The minimum atomic E-state index is -2.21. The number of ether oxygens (including phenoxy) is 3. The summed E-state index contributed by atoms with van der Waals surface area (Å²) < 4.78 is 51.2. The van der Waals surface area contributed by atoms with Gasteiger partial charge in [0.25, 0.3) is 0 Å². The van der Waals surface area contributed by atoms with Crippen LogP contribution in [-0.2, 0) is 23.8 Å². The number of Topliss-reactive ketones (excluding diaryl/α,β-unsaturated/α-hetero) is 1. The fourth-order valence-electron chi connectivity index (χ4n) is 8.24. The van der Waals surface area contributed by atoms with Gasteiger partial charge in [-0.05, 0) is 63.3 Å². The number of aliphatic hydroxyl groups is 1. The molecule has 5 rings (SSSR count). The highest BCUT2D eigenvalue weighted by Gasteiger charge is 2.79. The third kappa shape index (κ3) is 3.19. The van der Waals surface area contributed by atoms with Gasteiger partial charge in [0, 0.05) is 16.7 Å².